The number of hydrogen-bond donors (Lipinski definition) is 1. The number of carbonyl (C=O) groups is 2. The van der Waals surface area contributed by atoms with E-state index >= 15 is 0 Å². The minimum Gasteiger partial charge on any atom is -0.463 e. The lowest BCUT2D eigenvalue weighted by atomic mass is 10.0. The third-order valence-electron chi connectivity index (χ3n) is 2.82. The smallest absolute Gasteiger partial charge is 0.330 e. The summed E-state index contributed by atoms with van der Waals surface area (Å²) in [7, 11) is 0. The zero-order valence-electron chi connectivity index (χ0n) is 10.2. The standard InChI is InChI=1S/C12H20N2O3/c1-2-17-11(15)7-5-9-14-8-4-3-6-10(14)12(13)16/h5,7,10H,2-4,6,8-9H2,1H3,(H2,13,16)/b7-5+. The van der Waals surface area contributed by atoms with Crippen molar-refractivity contribution in [1.29, 1.82) is 0 Å². The molecule has 0 aromatic carbocycles. The summed E-state index contributed by atoms with van der Waals surface area (Å²) in [6, 6.07) is -0.199. The Morgan fingerprint density at radius 1 is 1.47 bits per heavy atom. The molecule has 0 saturated carbocycles. The first-order valence-electron chi connectivity index (χ1n) is 6.01. The zero-order chi connectivity index (χ0) is 12.7. The summed E-state index contributed by atoms with van der Waals surface area (Å²) in [5, 5.41) is 0. The Balaban J connectivity index is 2.43. The first-order chi connectivity index (χ1) is 8.15. The molecule has 1 amide bonds. The second-order valence-electron chi connectivity index (χ2n) is 4.06. The summed E-state index contributed by atoms with van der Waals surface area (Å²) < 4.78 is 4.77. The molecule has 0 aliphatic carbocycles. The van der Waals surface area contributed by atoms with Crippen LogP contribution in [0.25, 0.3) is 0 Å². The molecule has 96 valence electrons. The molecule has 1 heterocycles. The number of hydrogen-bond acceptors (Lipinski definition) is 4. The van der Waals surface area contributed by atoms with Crippen LogP contribution in [-0.4, -0.2) is 42.5 Å². The summed E-state index contributed by atoms with van der Waals surface area (Å²) in [4.78, 5) is 24.3. The van der Waals surface area contributed by atoms with Crippen molar-refractivity contribution in [2.75, 3.05) is 19.7 Å². The molecule has 0 aromatic rings. The first-order valence-corrected chi connectivity index (χ1v) is 6.01. The average Bonchev–Trinajstić information content (AvgIpc) is 2.30. The van der Waals surface area contributed by atoms with Gasteiger partial charge in [-0.3, -0.25) is 9.69 Å². The molecule has 1 aliphatic rings. The average molecular weight is 240 g/mol. The number of piperidine rings is 1. The Bertz CT molecular complexity index is 302. The number of amides is 1. The molecule has 1 saturated heterocycles. The molecule has 5 nitrogen and oxygen atoms in total. The quantitative estimate of drug-likeness (QED) is 0.559. The Hall–Kier alpha value is -1.36. The minimum atomic E-state index is -0.347. The Morgan fingerprint density at radius 2 is 2.24 bits per heavy atom. The molecule has 2 N–H and O–H groups in total. The van der Waals surface area contributed by atoms with Crippen molar-refractivity contribution in [2.24, 2.45) is 5.73 Å². The summed E-state index contributed by atoms with van der Waals surface area (Å²) in [5.74, 6) is -0.630. The van der Waals surface area contributed by atoms with E-state index in [1.165, 1.54) is 6.08 Å². The number of carbonyl (C=O) groups excluding carboxylic acids is 2. The van der Waals surface area contributed by atoms with Gasteiger partial charge in [-0.15, -0.1) is 0 Å². The van der Waals surface area contributed by atoms with E-state index < -0.39 is 0 Å². The number of ether oxygens (including phenoxy) is 1. The van der Waals surface area contributed by atoms with Gasteiger partial charge in [0.05, 0.1) is 12.6 Å². The van der Waals surface area contributed by atoms with Crippen LogP contribution in [0.5, 0.6) is 0 Å². The lowest BCUT2D eigenvalue weighted by molar-refractivity contribution is -0.137. The summed E-state index contributed by atoms with van der Waals surface area (Å²) in [6.07, 6.45) is 6.03. The van der Waals surface area contributed by atoms with E-state index in [0.717, 1.165) is 25.8 Å². The van der Waals surface area contributed by atoms with E-state index in [9.17, 15) is 9.59 Å². The van der Waals surface area contributed by atoms with Crippen LogP contribution in [0.4, 0.5) is 0 Å². The number of esters is 1. The summed E-state index contributed by atoms with van der Waals surface area (Å²) in [6.45, 7) is 3.55. The summed E-state index contributed by atoms with van der Waals surface area (Å²) in [5.41, 5.74) is 5.34. The van der Waals surface area contributed by atoms with Gasteiger partial charge >= 0.3 is 5.97 Å². The van der Waals surface area contributed by atoms with Crippen molar-refractivity contribution in [2.45, 2.75) is 32.2 Å². The fourth-order valence-corrected chi connectivity index (χ4v) is 2.01. The van der Waals surface area contributed by atoms with Crippen LogP contribution >= 0.6 is 0 Å². The van der Waals surface area contributed by atoms with Crippen molar-refractivity contribution >= 4 is 11.9 Å². The molecule has 1 fully saturated rings. The molecule has 5 heteroatoms. The maximum atomic E-state index is 11.2. The molecule has 0 spiro atoms. The normalized spacial score (nSPS) is 21.6. The topological polar surface area (TPSA) is 72.6 Å². The van der Waals surface area contributed by atoms with E-state index in [1.54, 1.807) is 13.0 Å². The fourth-order valence-electron chi connectivity index (χ4n) is 2.01. The van der Waals surface area contributed by atoms with Crippen molar-refractivity contribution in [3.63, 3.8) is 0 Å². The predicted octanol–water partition coefficient (Wildman–Crippen LogP) is 0.445. The number of nitrogens with zero attached hydrogens (tertiary/aromatic N) is 1. The number of nitrogens with two attached hydrogens (primary N) is 1. The van der Waals surface area contributed by atoms with E-state index in [-0.39, 0.29) is 17.9 Å². The predicted molar refractivity (Wildman–Crippen MR) is 64.2 cm³/mol. The molecule has 1 aliphatic heterocycles. The lowest BCUT2D eigenvalue weighted by Crippen LogP contribution is -2.47. The van der Waals surface area contributed by atoms with Gasteiger partial charge < -0.3 is 10.5 Å². The molecule has 0 aromatic heterocycles. The molecule has 17 heavy (non-hydrogen) atoms. The largest absolute Gasteiger partial charge is 0.463 e. The van der Waals surface area contributed by atoms with Crippen molar-refractivity contribution < 1.29 is 14.3 Å². The maximum absolute atomic E-state index is 11.2. The highest BCUT2D eigenvalue weighted by molar-refractivity contribution is 5.82. The van der Waals surface area contributed by atoms with Crippen LogP contribution in [0, 0.1) is 0 Å². The van der Waals surface area contributed by atoms with Gasteiger partial charge in [-0.2, -0.15) is 0 Å². The SMILES string of the molecule is CCOC(=O)/C=C/CN1CCCCC1C(N)=O. The van der Waals surface area contributed by atoms with Gasteiger partial charge in [0.25, 0.3) is 0 Å². The van der Waals surface area contributed by atoms with Crippen molar-refractivity contribution in [1.82, 2.24) is 4.90 Å². The van der Waals surface area contributed by atoms with Gasteiger partial charge in [-0.05, 0) is 26.3 Å². The zero-order valence-corrected chi connectivity index (χ0v) is 10.2. The van der Waals surface area contributed by atoms with E-state index in [1.807, 2.05) is 4.90 Å². The van der Waals surface area contributed by atoms with Crippen molar-refractivity contribution in [3.8, 4) is 0 Å². The molecule has 1 atom stereocenters. The molecule has 1 unspecified atom stereocenters. The highest BCUT2D eigenvalue weighted by Gasteiger charge is 2.25. The number of rotatable bonds is 5. The van der Waals surface area contributed by atoms with Crippen LogP contribution in [0.3, 0.4) is 0 Å². The second-order valence-corrected chi connectivity index (χ2v) is 4.06. The third-order valence-corrected chi connectivity index (χ3v) is 2.82. The number of primary amides is 1. The Kier molecular flexibility index (Phi) is 5.69. The van der Waals surface area contributed by atoms with Gasteiger partial charge in [0, 0.05) is 12.6 Å². The van der Waals surface area contributed by atoms with E-state index in [2.05, 4.69) is 0 Å². The van der Waals surface area contributed by atoms with Crippen molar-refractivity contribution in [3.05, 3.63) is 12.2 Å². The number of likely N-dealkylation sites (tertiary alicyclic amines) is 1. The highest BCUT2D eigenvalue weighted by Crippen LogP contribution is 2.16. The Labute approximate surface area is 102 Å². The monoisotopic (exact) mass is 240 g/mol. The fraction of sp³-hybridized carbons (Fsp3) is 0.667. The maximum Gasteiger partial charge on any atom is 0.330 e. The Morgan fingerprint density at radius 3 is 2.88 bits per heavy atom. The minimum absolute atomic E-state index is 0.199. The van der Waals surface area contributed by atoms with Gasteiger partial charge in [-0.25, -0.2) is 4.79 Å². The van der Waals surface area contributed by atoms with E-state index in [0.29, 0.717) is 13.2 Å². The molecular weight excluding hydrogens is 220 g/mol. The first kappa shape index (κ1) is 13.7. The lowest BCUT2D eigenvalue weighted by Gasteiger charge is -2.32. The van der Waals surface area contributed by atoms with Crippen LogP contribution < -0.4 is 5.73 Å². The second kappa shape index (κ2) is 7.06. The van der Waals surface area contributed by atoms with Gasteiger partial charge in [0.15, 0.2) is 0 Å². The van der Waals surface area contributed by atoms with Crippen LogP contribution in [-0.2, 0) is 14.3 Å². The van der Waals surface area contributed by atoms with Gasteiger partial charge in [0.2, 0.25) is 5.91 Å². The van der Waals surface area contributed by atoms with Gasteiger partial charge in [0.1, 0.15) is 0 Å². The van der Waals surface area contributed by atoms with Crippen LogP contribution in [0.15, 0.2) is 12.2 Å². The van der Waals surface area contributed by atoms with Crippen LogP contribution in [0.1, 0.15) is 26.2 Å². The van der Waals surface area contributed by atoms with Crippen LogP contribution in [0.2, 0.25) is 0 Å². The highest BCUT2D eigenvalue weighted by atomic mass is 16.5. The van der Waals surface area contributed by atoms with Gasteiger partial charge in [-0.1, -0.05) is 12.5 Å². The molecular formula is C12H20N2O3. The summed E-state index contributed by atoms with van der Waals surface area (Å²) >= 11 is 0. The third kappa shape index (κ3) is 4.56. The molecule has 1 rings (SSSR count). The molecule has 0 bridgehead atoms. The van der Waals surface area contributed by atoms with E-state index in [4.69, 9.17) is 10.5 Å². The molecule has 0 radical (unpaired) electrons.